The fourth-order valence-electron chi connectivity index (χ4n) is 4.56. The van der Waals surface area contributed by atoms with Gasteiger partial charge in [0.15, 0.2) is 29.3 Å². The lowest BCUT2D eigenvalue weighted by Gasteiger charge is -2.40. The Labute approximate surface area is 267 Å². The zero-order valence-corrected chi connectivity index (χ0v) is 25.6. The SMILES string of the molecule is COC(=O)Oc1c(S)cc(OC[C@H]2O[C@@H](Oc3ccc(OC[C@H]4O[C@@H](O)[C@H](O)[C@@H](O)[C@@H]4O)cc3OC)[C@H](O)[C@@H](O)[C@@H]2O)cc1OC. The van der Waals surface area contributed by atoms with E-state index in [-0.39, 0.29) is 52.6 Å². The molecule has 2 fully saturated rings. The summed E-state index contributed by atoms with van der Waals surface area (Å²) >= 11 is 4.28. The highest BCUT2D eigenvalue weighted by Crippen LogP contribution is 2.39. The van der Waals surface area contributed by atoms with Gasteiger partial charge in [-0.05, 0) is 18.2 Å². The molecular weight excluding hydrogens is 640 g/mol. The molecule has 10 atom stereocenters. The van der Waals surface area contributed by atoms with Gasteiger partial charge in [-0.3, -0.25) is 0 Å². The van der Waals surface area contributed by atoms with Crippen molar-refractivity contribution in [3.05, 3.63) is 30.3 Å². The van der Waals surface area contributed by atoms with Crippen LogP contribution in [0.3, 0.4) is 0 Å². The van der Waals surface area contributed by atoms with Gasteiger partial charge in [0, 0.05) is 12.1 Å². The predicted molar refractivity (Wildman–Crippen MR) is 153 cm³/mol. The maximum Gasteiger partial charge on any atom is 0.513 e. The van der Waals surface area contributed by atoms with Crippen molar-refractivity contribution in [1.29, 1.82) is 0 Å². The summed E-state index contributed by atoms with van der Waals surface area (Å²) < 4.78 is 48.0. The monoisotopic (exact) mass is 676 g/mol. The van der Waals surface area contributed by atoms with Gasteiger partial charge in [-0.25, -0.2) is 4.79 Å². The third-order valence-electron chi connectivity index (χ3n) is 7.14. The van der Waals surface area contributed by atoms with Gasteiger partial charge in [-0.15, -0.1) is 12.6 Å². The number of hydrogen-bond acceptors (Lipinski definition) is 18. The standard InChI is InChI=1S/C28H36O17S/c1-37-14-6-11(40-9-16-19(29)21(31)23(33)26(35)42-16)4-5-13(14)43-27-24(34)22(32)20(30)17(44-27)10-41-12-7-15(38-2)25(18(46)8-12)45-28(36)39-3/h4-8,16-17,19-24,26-27,29-35,46H,9-10H2,1-3H3/t16-,17-,19-,20-,21+,22+,23-,24-,26-,27-/m1/s1. The summed E-state index contributed by atoms with van der Waals surface area (Å²) in [5.41, 5.74) is 0. The van der Waals surface area contributed by atoms with Gasteiger partial charge in [0.25, 0.3) is 0 Å². The van der Waals surface area contributed by atoms with Crippen molar-refractivity contribution in [2.75, 3.05) is 34.5 Å². The lowest BCUT2D eigenvalue weighted by Crippen LogP contribution is -2.60. The highest BCUT2D eigenvalue weighted by molar-refractivity contribution is 7.80. The molecule has 46 heavy (non-hydrogen) atoms. The molecule has 17 nitrogen and oxygen atoms in total. The summed E-state index contributed by atoms with van der Waals surface area (Å²) in [6.07, 6.45) is -16.4. The lowest BCUT2D eigenvalue weighted by molar-refractivity contribution is -0.285. The highest BCUT2D eigenvalue weighted by Gasteiger charge is 2.46. The summed E-state index contributed by atoms with van der Waals surface area (Å²) in [6, 6.07) is 7.02. The van der Waals surface area contributed by atoms with Crippen molar-refractivity contribution in [2.45, 2.75) is 66.3 Å². The molecule has 18 heteroatoms. The van der Waals surface area contributed by atoms with E-state index in [1.165, 1.54) is 44.6 Å². The largest absolute Gasteiger partial charge is 0.513 e. The molecule has 0 amide bonds. The molecule has 2 saturated heterocycles. The zero-order valence-electron chi connectivity index (χ0n) is 24.7. The predicted octanol–water partition coefficient (Wildman–Crippen LogP) is -1.42. The van der Waals surface area contributed by atoms with E-state index in [1.54, 1.807) is 0 Å². The first-order valence-electron chi connectivity index (χ1n) is 13.7. The minimum Gasteiger partial charge on any atom is -0.493 e. The topological polar surface area (TPSA) is 242 Å². The number of ether oxygens (including phenoxy) is 9. The molecule has 0 spiro atoms. The second kappa shape index (κ2) is 15.5. The van der Waals surface area contributed by atoms with E-state index in [0.29, 0.717) is 0 Å². The molecule has 7 N–H and O–H groups in total. The van der Waals surface area contributed by atoms with E-state index in [2.05, 4.69) is 17.4 Å². The Kier molecular flexibility index (Phi) is 12.0. The summed E-state index contributed by atoms with van der Waals surface area (Å²) in [5.74, 6) is 0.598. The Morgan fingerprint density at radius 3 is 1.93 bits per heavy atom. The first-order valence-corrected chi connectivity index (χ1v) is 14.2. The van der Waals surface area contributed by atoms with Gasteiger partial charge in [0.05, 0.1) is 26.2 Å². The molecule has 256 valence electrons. The Hall–Kier alpha value is -3.30. The molecule has 0 aromatic heterocycles. The summed E-state index contributed by atoms with van der Waals surface area (Å²) in [4.78, 5) is 11.7. The van der Waals surface area contributed by atoms with Crippen LogP contribution in [0.5, 0.6) is 34.5 Å². The Balaban J connectivity index is 1.41. The van der Waals surface area contributed by atoms with Crippen LogP contribution in [-0.2, 0) is 14.2 Å². The number of thiol groups is 1. The van der Waals surface area contributed by atoms with Crippen molar-refractivity contribution in [1.82, 2.24) is 0 Å². The molecule has 2 aromatic carbocycles. The van der Waals surface area contributed by atoms with Crippen molar-refractivity contribution < 1.29 is 83.2 Å². The van der Waals surface area contributed by atoms with Crippen LogP contribution in [0.25, 0.3) is 0 Å². The highest BCUT2D eigenvalue weighted by atomic mass is 32.1. The molecule has 2 aliphatic rings. The van der Waals surface area contributed by atoms with Crippen LogP contribution in [0, 0.1) is 0 Å². The third kappa shape index (κ3) is 7.97. The van der Waals surface area contributed by atoms with E-state index < -0.39 is 67.6 Å². The number of rotatable bonds is 11. The minimum atomic E-state index is -1.72. The van der Waals surface area contributed by atoms with E-state index in [9.17, 15) is 40.5 Å². The number of carbonyl (C=O) groups is 1. The molecular formula is C28H36O17S. The number of methoxy groups -OCH3 is 3. The van der Waals surface area contributed by atoms with Crippen LogP contribution in [0.2, 0.25) is 0 Å². The van der Waals surface area contributed by atoms with Gasteiger partial charge < -0.3 is 78.4 Å². The number of carbonyl (C=O) groups excluding carboxylic acids is 1. The van der Waals surface area contributed by atoms with Crippen molar-refractivity contribution in [2.24, 2.45) is 0 Å². The molecule has 4 rings (SSSR count). The second-order valence-electron chi connectivity index (χ2n) is 10.1. The minimum absolute atomic E-state index is 0.0197. The lowest BCUT2D eigenvalue weighted by atomic mass is 9.99. The summed E-state index contributed by atoms with van der Waals surface area (Å²) in [6.45, 7) is -0.652. The fraction of sp³-hybridized carbons (Fsp3) is 0.536. The molecule has 0 aliphatic carbocycles. The summed E-state index contributed by atoms with van der Waals surface area (Å²) in [7, 11) is 3.79. The van der Waals surface area contributed by atoms with E-state index >= 15 is 0 Å². The molecule has 0 bridgehead atoms. The Morgan fingerprint density at radius 2 is 1.30 bits per heavy atom. The quantitative estimate of drug-likeness (QED) is 0.0774. The van der Waals surface area contributed by atoms with Crippen LogP contribution in [0.1, 0.15) is 0 Å². The number of aliphatic hydroxyl groups excluding tert-OH is 7. The van der Waals surface area contributed by atoms with Gasteiger partial charge in [-0.2, -0.15) is 0 Å². The smallest absolute Gasteiger partial charge is 0.493 e. The average molecular weight is 677 g/mol. The fourth-order valence-corrected chi connectivity index (χ4v) is 4.85. The van der Waals surface area contributed by atoms with E-state index in [1.807, 2.05) is 0 Å². The molecule has 2 heterocycles. The Bertz CT molecular complexity index is 1330. The Morgan fingerprint density at radius 1 is 0.717 bits per heavy atom. The van der Waals surface area contributed by atoms with Crippen LogP contribution in [0.4, 0.5) is 4.79 Å². The van der Waals surface area contributed by atoms with Crippen LogP contribution < -0.4 is 28.4 Å². The molecule has 0 unspecified atom stereocenters. The molecule has 2 aliphatic heterocycles. The third-order valence-corrected chi connectivity index (χ3v) is 7.48. The van der Waals surface area contributed by atoms with Gasteiger partial charge in [0.2, 0.25) is 6.29 Å². The first kappa shape index (κ1) is 35.6. The zero-order chi connectivity index (χ0) is 33.7. The van der Waals surface area contributed by atoms with Gasteiger partial charge in [0.1, 0.15) is 73.5 Å². The van der Waals surface area contributed by atoms with Crippen molar-refractivity contribution in [3.8, 4) is 34.5 Å². The average Bonchev–Trinajstić information content (AvgIpc) is 3.05. The summed E-state index contributed by atoms with van der Waals surface area (Å²) in [5, 5.41) is 71.0. The van der Waals surface area contributed by atoms with Gasteiger partial charge in [-0.1, -0.05) is 0 Å². The van der Waals surface area contributed by atoms with Crippen LogP contribution >= 0.6 is 12.6 Å². The molecule has 0 saturated carbocycles. The molecule has 2 aromatic rings. The second-order valence-corrected chi connectivity index (χ2v) is 10.6. The maximum atomic E-state index is 11.5. The normalized spacial score (nSPS) is 31.0. The number of hydrogen-bond donors (Lipinski definition) is 8. The maximum absolute atomic E-state index is 11.5. The van der Waals surface area contributed by atoms with Crippen molar-refractivity contribution >= 4 is 18.8 Å². The number of aliphatic hydroxyl groups is 7. The molecule has 0 radical (unpaired) electrons. The van der Waals surface area contributed by atoms with Crippen LogP contribution in [-0.4, -0.2) is 138 Å². The van der Waals surface area contributed by atoms with Crippen molar-refractivity contribution in [3.63, 3.8) is 0 Å². The first-order chi connectivity index (χ1) is 21.9. The number of benzene rings is 2. The van der Waals surface area contributed by atoms with E-state index in [4.69, 9.17) is 37.9 Å². The van der Waals surface area contributed by atoms with Gasteiger partial charge >= 0.3 is 6.16 Å². The van der Waals surface area contributed by atoms with E-state index in [0.717, 1.165) is 7.11 Å². The van der Waals surface area contributed by atoms with Crippen LogP contribution in [0.15, 0.2) is 35.2 Å².